The molecule has 1 nitrogen and oxygen atoms in total. The van der Waals surface area contributed by atoms with Crippen molar-refractivity contribution >= 4 is 0 Å². The fourth-order valence-electron chi connectivity index (χ4n) is 3.24. The molecule has 4 heteroatoms. The van der Waals surface area contributed by atoms with Gasteiger partial charge < -0.3 is 5.32 Å². The molecular weight excluding hydrogens is 275 g/mol. The third-order valence-corrected chi connectivity index (χ3v) is 4.66. The summed E-state index contributed by atoms with van der Waals surface area (Å²) in [5.74, 6) is 0.394. The van der Waals surface area contributed by atoms with Crippen molar-refractivity contribution in [3.8, 4) is 0 Å². The van der Waals surface area contributed by atoms with E-state index >= 15 is 0 Å². The molecule has 1 aliphatic rings. The molecule has 0 bridgehead atoms. The molecule has 0 aliphatic carbocycles. The van der Waals surface area contributed by atoms with Crippen molar-refractivity contribution in [1.29, 1.82) is 0 Å². The van der Waals surface area contributed by atoms with E-state index in [0.29, 0.717) is 12.3 Å². The molecule has 1 aromatic carbocycles. The fraction of sp³-hybridized carbons (Fsp3) is 0.647. The summed E-state index contributed by atoms with van der Waals surface area (Å²) in [5.41, 5.74) is 0.140. The highest BCUT2D eigenvalue weighted by Crippen LogP contribution is 2.33. The quantitative estimate of drug-likeness (QED) is 0.845. The van der Waals surface area contributed by atoms with E-state index in [-0.39, 0.29) is 5.54 Å². The topological polar surface area (TPSA) is 12.0 Å². The highest BCUT2D eigenvalue weighted by atomic mass is 19.4. The van der Waals surface area contributed by atoms with Crippen LogP contribution in [-0.4, -0.2) is 12.1 Å². The van der Waals surface area contributed by atoms with Gasteiger partial charge in [-0.2, -0.15) is 13.2 Å². The number of nitrogens with one attached hydrogen (secondary N) is 1. The predicted molar refractivity (Wildman–Crippen MR) is 79.2 cm³/mol. The highest BCUT2D eigenvalue weighted by Gasteiger charge is 2.35. The molecule has 21 heavy (non-hydrogen) atoms. The molecule has 1 saturated heterocycles. The van der Waals surface area contributed by atoms with Crippen molar-refractivity contribution in [1.82, 2.24) is 5.32 Å². The van der Waals surface area contributed by atoms with Crippen LogP contribution in [0.1, 0.15) is 50.7 Å². The lowest BCUT2D eigenvalue weighted by Crippen LogP contribution is -2.51. The molecule has 1 aliphatic heterocycles. The molecule has 0 spiro atoms. The van der Waals surface area contributed by atoms with Crippen molar-refractivity contribution < 1.29 is 13.2 Å². The molecule has 118 valence electrons. The molecule has 2 rings (SSSR count). The number of rotatable bonds is 3. The smallest absolute Gasteiger partial charge is 0.311 e. The summed E-state index contributed by atoms with van der Waals surface area (Å²) in [7, 11) is 0. The first-order chi connectivity index (χ1) is 9.83. The number of hydrogen-bond donors (Lipinski definition) is 1. The average molecular weight is 299 g/mol. The van der Waals surface area contributed by atoms with E-state index in [1.807, 2.05) is 6.07 Å². The number of alkyl halides is 3. The van der Waals surface area contributed by atoms with E-state index in [1.54, 1.807) is 0 Å². The van der Waals surface area contributed by atoms with Crippen molar-refractivity contribution in [2.45, 2.75) is 57.7 Å². The van der Waals surface area contributed by atoms with Crippen LogP contribution < -0.4 is 5.32 Å². The van der Waals surface area contributed by atoms with E-state index in [1.165, 1.54) is 18.6 Å². The van der Waals surface area contributed by atoms with Crippen LogP contribution in [0.5, 0.6) is 0 Å². The Morgan fingerprint density at radius 2 is 1.95 bits per heavy atom. The molecule has 0 amide bonds. The molecule has 1 unspecified atom stereocenters. The maximum Gasteiger partial charge on any atom is 0.416 e. The minimum atomic E-state index is -4.27. The normalized spacial score (nSPS) is 24.1. The van der Waals surface area contributed by atoms with Gasteiger partial charge in [0.1, 0.15) is 0 Å². The van der Waals surface area contributed by atoms with Crippen LogP contribution in [0.15, 0.2) is 24.3 Å². The van der Waals surface area contributed by atoms with Crippen LogP contribution in [-0.2, 0) is 12.6 Å². The van der Waals surface area contributed by atoms with E-state index in [9.17, 15) is 13.2 Å². The van der Waals surface area contributed by atoms with E-state index < -0.39 is 11.7 Å². The van der Waals surface area contributed by atoms with Gasteiger partial charge >= 0.3 is 6.18 Å². The fourth-order valence-corrected chi connectivity index (χ4v) is 3.24. The SMILES string of the molecule is CC(C)C1(Cc2cccc(C(F)(F)F)c2)CCCCCN1. The average Bonchev–Trinajstić information content (AvgIpc) is 2.65. The lowest BCUT2D eigenvalue weighted by Gasteiger charge is -2.38. The largest absolute Gasteiger partial charge is 0.416 e. The van der Waals surface area contributed by atoms with Gasteiger partial charge in [0.05, 0.1) is 5.56 Å². The zero-order valence-electron chi connectivity index (χ0n) is 12.8. The second-order valence-electron chi connectivity index (χ2n) is 6.42. The van der Waals surface area contributed by atoms with Crippen molar-refractivity contribution in [3.63, 3.8) is 0 Å². The van der Waals surface area contributed by atoms with Gasteiger partial charge in [0, 0.05) is 5.54 Å². The zero-order valence-corrected chi connectivity index (χ0v) is 12.8. The standard InChI is InChI=1S/C17H24F3N/c1-13(2)16(9-4-3-5-10-21-16)12-14-7-6-8-15(11-14)17(18,19)20/h6-8,11,13,21H,3-5,9-10,12H2,1-2H3. The summed E-state index contributed by atoms with van der Waals surface area (Å²) < 4.78 is 38.5. The minimum absolute atomic E-state index is 0.0826. The molecule has 0 aromatic heterocycles. The zero-order chi connectivity index (χ0) is 15.5. The monoisotopic (exact) mass is 299 g/mol. The van der Waals surface area contributed by atoms with Crippen LogP contribution in [0.25, 0.3) is 0 Å². The Labute approximate surface area is 124 Å². The Kier molecular flexibility index (Phi) is 4.97. The summed E-state index contributed by atoms with van der Waals surface area (Å²) in [6, 6.07) is 5.78. The van der Waals surface area contributed by atoms with Crippen LogP contribution in [0.3, 0.4) is 0 Å². The predicted octanol–water partition coefficient (Wildman–Crippen LogP) is 4.81. The molecule has 1 heterocycles. The Morgan fingerprint density at radius 1 is 1.19 bits per heavy atom. The summed E-state index contributed by atoms with van der Waals surface area (Å²) in [4.78, 5) is 0. The second kappa shape index (κ2) is 6.39. The van der Waals surface area contributed by atoms with Gasteiger partial charge in [0.2, 0.25) is 0 Å². The Hall–Kier alpha value is -1.03. The molecule has 0 saturated carbocycles. The first kappa shape index (κ1) is 16.3. The molecule has 1 aromatic rings. The number of halogens is 3. The van der Waals surface area contributed by atoms with Gasteiger partial charge in [-0.1, -0.05) is 44.9 Å². The van der Waals surface area contributed by atoms with E-state index in [0.717, 1.165) is 37.4 Å². The molecule has 1 N–H and O–H groups in total. The van der Waals surface area contributed by atoms with Gasteiger partial charge in [0.25, 0.3) is 0 Å². The third-order valence-electron chi connectivity index (χ3n) is 4.66. The molecule has 0 radical (unpaired) electrons. The third kappa shape index (κ3) is 4.00. The lowest BCUT2D eigenvalue weighted by molar-refractivity contribution is -0.137. The van der Waals surface area contributed by atoms with Gasteiger partial charge in [-0.05, 0) is 43.4 Å². The molecule has 1 atom stereocenters. The van der Waals surface area contributed by atoms with Crippen LogP contribution in [0.4, 0.5) is 13.2 Å². The Balaban J connectivity index is 2.25. The van der Waals surface area contributed by atoms with E-state index in [4.69, 9.17) is 0 Å². The van der Waals surface area contributed by atoms with Crippen LogP contribution in [0, 0.1) is 5.92 Å². The minimum Gasteiger partial charge on any atom is -0.311 e. The number of hydrogen-bond acceptors (Lipinski definition) is 1. The van der Waals surface area contributed by atoms with Gasteiger partial charge in [-0.15, -0.1) is 0 Å². The second-order valence-corrected chi connectivity index (χ2v) is 6.42. The maximum atomic E-state index is 12.8. The van der Waals surface area contributed by atoms with Crippen molar-refractivity contribution in [2.24, 2.45) is 5.92 Å². The summed E-state index contributed by atoms with van der Waals surface area (Å²) in [5, 5.41) is 3.62. The summed E-state index contributed by atoms with van der Waals surface area (Å²) in [6.07, 6.45) is 0.915. The number of benzene rings is 1. The Bertz CT molecular complexity index is 457. The van der Waals surface area contributed by atoms with Crippen LogP contribution in [0.2, 0.25) is 0 Å². The van der Waals surface area contributed by atoms with Crippen molar-refractivity contribution in [3.05, 3.63) is 35.4 Å². The molecule has 1 fully saturated rings. The van der Waals surface area contributed by atoms with Gasteiger partial charge in [-0.3, -0.25) is 0 Å². The summed E-state index contributed by atoms with van der Waals surface area (Å²) >= 11 is 0. The highest BCUT2D eigenvalue weighted by molar-refractivity contribution is 5.27. The van der Waals surface area contributed by atoms with Crippen molar-refractivity contribution in [2.75, 3.05) is 6.54 Å². The molecular formula is C17H24F3N. The van der Waals surface area contributed by atoms with Gasteiger partial charge in [0.15, 0.2) is 0 Å². The van der Waals surface area contributed by atoms with Crippen LogP contribution >= 0.6 is 0 Å². The first-order valence-electron chi connectivity index (χ1n) is 7.75. The maximum absolute atomic E-state index is 12.8. The van der Waals surface area contributed by atoms with E-state index in [2.05, 4.69) is 19.2 Å². The Morgan fingerprint density at radius 3 is 2.62 bits per heavy atom. The summed E-state index contributed by atoms with van der Waals surface area (Å²) in [6.45, 7) is 5.27. The van der Waals surface area contributed by atoms with Gasteiger partial charge in [-0.25, -0.2) is 0 Å². The lowest BCUT2D eigenvalue weighted by atomic mass is 9.77. The first-order valence-corrected chi connectivity index (χ1v) is 7.75.